The first kappa shape index (κ1) is 37.0. The maximum atomic E-state index is 14.1. The van der Waals surface area contributed by atoms with E-state index >= 15 is 0 Å². The molecule has 2 aromatic heterocycles. The molecule has 1 fully saturated rings. The SMILES string of the molecule is Cc1oc2nc1C(=O)N[C@H](C)CN(C(=O)C1CCN(C(=O)c3ccc(Cl)cc3)CC1)CC(=O)N[C@@H](C(C)C)c1nc(cs1)C(=O)N[C@@H]2C(C)C. The number of aromatic nitrogens is 2. The molecule has 1 aromatic carbocycles. The summed E-state index contributed by atoms with van der Waals surface area (Å²) < 4.78 is 5.90. The van der Waals surface area contributed by atoms with E-state index in [2.05, 4.69) is 25.9 Å². The first-order chi connectivity index (χ1) is 23.7. The van der Waals surface area contributed by atoms with E-state index in [-0.39, 0.29) is 59.8 Å². The van der Waals surface area contributed by atoms with Crippen LogP contribution >= 0.6 is 22.9 Å². The zero-order valence-corrected chi connectivity index (χ0v) is 30.7. The van der Waals surface area contributed by atoms with Crippen molar-refractivity contribution < 1.29 is 28.4 Å². The number of rotatable bonds is 4. The highest BCUT2D eigenvalue weighted by Gasteiger charge is 2.34. The minimum atomic E-state index is -0.634. The topological polar surface area (TPSA) is 167 Å². The number of piperidine rings is 1. The van der Waals surface area contributed by atoms with Crippen LogP contribution in [0, 0.1) is 24.7 Å². The lowest BCUT2D eigenvalue weighted by atomic mass is 9.94. The molecule has 50 heavy (non-hydrogen) atoms. The number of nitrogens with zero attached hydrogens (tertiary/aromatic N) is 4. The number of aryl methyl sites for hydroxylation is 1. The third kappa shape index (κ3) is 8.52. The molecule has 15 heteroatoms. The molecular formula is C35H44ClN7O6S. The van der Waals surface area contributed by atoms with E-state index in [4.69, 9.17) is 16.0 Å². The molecule has 3 atom stereocenters. The lowest BCUT2D eigenvalue weighted by Gasteiger charge is -2.35. The van der Waals surface area contributed by atoms with Crippen molar-refractivity contribution in [2.45, 2.75) is 72.5 Å². The fourth-order valence-corrected chi connectivity index (χ4v) is 7.34. The van der Waals surface area contributed by atoms with Crippen LogP contribution in [0.1, 0.15) is 108 Å². The molecule has 4 heterocycles. The van der Waals surface area contributed by atoms with Gasteiger partial charge in [-0.1, -0.05) is 39.3 Å². The van der Waals surface area contributed by atoms with Crippen molar-refractivity contribution in [2.24, 2.45) is 17.8 Å². The van der Waals surface area contributed by atoms with Gasteiger partial charge in [-0.2, -0.15) is 0 Å². The van der Waals surface area contributed by atoms with E-state index in [0.29, 0.717) is 41.5 Å². The summed E-state index contributed by atoms with van der Waals surface area (Å²) in [5.74, 6) is -1.84. The van der Waals surface area contributed by atoms with Crippen LogP contribution < -0.4 is 16.0 Å². The molecule has 5 rings (SSSR count). The molecule has 13 nitrogen and oxygen atoms in total. The Morgan fingerprint density at radius 3 is 2.22 bits per heavy atom. The van der Waals surface area contributed by atoms with Gasteiger partial charge in [0, 0.05) is 47.6 Å². The number of thiazole rings is 1. The van der Waals surface area contributed by atoms with Crippen molar-refractivity contribution in [1.29, 1.82) is 0 Å². The van der Waals surface area contributed by atoms with Gasteiger partial charge in [-0.3, -0.25) is 24.0 Å². The largest absolute Gasteiger partial charge is 0.443 e. The predicted molar refractivity (Wildman–Crippen MR) is 188 cm³/mol. The summed E-state index contributed by atoms with van der Waals surface area (Å²) in [5.41, 5.74) is 0.774. The van der Waals surface area contributed by atoms with E-state index in [1.807, 2.05) is 27.7 Å². The summed E-state index contributed by atoms with van der Waals surface area (Å²) in [4.78, 5) is 79.8. The van der Waals surface area contributed by atoms with Crippen molar-refractivity contribution >= 4 is 52.5 Å². The molecular weight excluding hydrogens is 682 g/mol. The summed E-state index contributed by atoms with van der Waals surface area (Å²) >= 11 is 7.25. The number of benzene rings is 1. The Bertz CT molecular complexity index is 1730. The smallest absolute Gasteiger partial charge is 0.273 e. The van der Waals surface area contributed by atoms with Crippen LogP contribution in [0.4, 0.5) is 0 Å². The van der Waals surface area contributed by atoms with Crippen molar-refractivity contribution in [3.63, 3.8) is 0 Å². The fraction of sp³-hybridized carbons (Fsp3) is 0.514. The van der Waals surface area contributed by atoms with Crippen molar-refractivity contribution in [1.82, 2.24) is 35.7 Å². The van der Waals surface area contributed by atoms with Crippen LogP contribution in [0.5, 0.6) is 0 Å². The number of likely N-dealkylation sites (tertiary alicyclic amines) is 1. The molecule has 2 aliphatic rings. The molecule has 4 bridgehead atoms. The second kappa shape index (κ2) is 15.7. The van der Waals surface area contributed by atoms with E-state index in [0.717, 1.165) is 0 Å². The van der Waals surface area contributed by atoms with E-state index in [1.165, 1.54) is 16.2 Å². The van der Waals surface area contributed by atoms with E-state index in [1.54, 1.807) is 48.4 Å². The number of hydrogen-bond acceptors (Lipinski definition) is 9. The molecule has 0 saturated carbocycles. The van der Waals surface area contributed by atoms with Gasteiger partial charge in [0.2, 0.25) is 17.7 Å². The third-order valence-corrected chi connectivity index (χ3v) is 10.2. The minimum absolute atomic E-state index is 0.0596. The van der Waals surface area contributed by atoms with Gasteiger partial charge in [-0.05, 0) is 62.8 Å². The average Bonchev–Trinajstić information content (AvgIpc) is 3.72. The maximum Gasteiger partial charge on any atom is 0.273 e. The monoisotopic (exact) mass is 725 g/mol. The predicted octanol–water partition coefficient (Wildman–Crippen LogP) is 4.55. The molecule has 1 saturated heterocycles. The molecule has 0 radical (unpaired) electrons. The zero-order chi connectivity index (χ0) is 36.3. The molecule has 3 aromatic rings. The number of carbonyl (C=O) groups is 5. The highest BCUT2D eigenvalue weighted by Crippen LogP contribution is 2.28. The highest BCUT2D eigenvalue weighted by atomic mass is 35.5. The first-order valence-corrected chi connectivity index (χ1v) is 18.1. The van der Waals surface area contributed by atoms with Crippen LogP contribution in [0.25, 0.3) is 0 Å². The second-order valence-corrected chi connectivity index (χ2v) is 15.0. The van der Waals surface area contributed by atoms with Gasteiger partial charge < -0.3 is 30.2 Å². The third-order valence-electron chi connectivity index (χ3n) is 8.99. The fourth-order valence-electron chi connectivity index (χ4n) is 6.19. The Labute approximate surface area is 300 Å². The first-order valence-electron chi connectivity index (χ1n) is 16.9. The van der Waals surface area contributed by atoms with Crippen LogP contribution in [-0.2, 0) is 9.59 Å². The Balaban J connectivity index is 1.39. The molecule has 0 spiro atoms. The molecule has 0 unspecified atom stereocenters. The van der Waals surface area contributed by atoms with Gasteiger partial charge in [0.05, 0.1) is 12.6 Å². The van der Waals surface area contributed by atoms with Crippen LogP contribution in [0.15, 0.2) is 34.1 Å². The number of fused-ring (bicyclic) bond motifs is 4. The lowest BCUT2D eigenvalue weighted by molar-refractivity contribution is -0.141. The summed E-state index contributed by atoms with van der Waals surface area (Å²) in [7, 11) is 0. The number of hydrogen-bond donors (Lipinski definition) is 3. The summed E-state index contributed by atoms with van der Waals surface area (Å²) in [6.45, 7) is 11.6. The van der Waals surface area contributed by atoms with Crippen molar-refractivity contribution in [3.05, 3.63) is 68.3 Å². The van der Waals surface area contributed by atoms with Crippen LogP contribution in [0.3, 0.4) is 0 Å². The van der Waals surface area contributed by atoms with Gasteiger partial charge in [-0.25, -0.2) is 9.97 Å². The summed E-state index contributed by atoms with van der Waals surface area (Å²) in [5, 5.41) is 11.6. The quantitative estimate of drug-likeness (QED) is 0.353. The molecule has 5 amide bonds. The normalized spacial score (nSPS) is 21.4. The molecule has 3 N–H and O–H groups in total. The summed E-state index contributed by atoms with van der Waals surface area (Å²) in [6.07, 6.45) is 0.848. The number of halogens is 1. The Morgan fingerprint density at radius 2 is 1.58 bits per heavy atom. The lowest BCUT2D eigenvalue weighted by Crippen LogP contribution is -2.51. The number of nitrogens with one attached hydrogen (secondary N) is 3. The molecule has 0 aliphatic carbocycles. The number of carbonyl (C=O) groups excluding carboxylic acids is 5. The van der Waals surface area contributed by atoms with E-state index in [9.17, 15) is 24.0 Å². The zero-order valence-electron chi connectivity index (χ0n) is 29.1. The van der Waals surface area contributed by atoms with Gasteiger partial charge in [0.25, 0.3) is 17.7 Å². The molecule has 268 valence electrons. The Kier molecular flexibility index (Phi) is 11.6. The van der Waals surface area contributed by atoms with Gasteiger partial charge in [0.1, 0.15) is 22.5 Å². The number of amides is 5. The molecule has 2 aliphatic heterocycles. The van der Waals surface area contributed by atoms with Crippen molar-refractivity contribution in [3.8, 4) is 0 Å². The summed E-state index contributed by atoms with van der Waals surface area (Å²) in [6, 6.07) is 4.99. The van der Waals surface area contributed by atoms with Crippen LogP contribution in [0.2, 0.25) is 5.02 Å². The average molecular weight is 726 g/mol. The Morgan fingerprint density at radius 1 is 0.920 bits per heavy atom. The standard InChI is InChI=1S/C35H44ClN7O6S/c1-18(2)27-32-41-29(21(6)49-32)31(46)37-20(5)15-43(16-26(44)39-28(19(3)4)33-38-25(17-50-33)30(45)40-27)35(48)23-11-13-42(14-12-23)34(47)22-7-9-24(36)10-8-22/h7-10,17-20,23,27-28H,11-16H2,1-6H3,(H,37,46)(H,39,44)(H,40,45)/t20-,27-,28+/m1/s1. The minimum Gasteiger partial charge on any atom is -0.443 e. The van der Waals surface area contributed by atoms with E-state index < -0.39 is 41.8 Å². The van der Waals surface area contributed by atoms with Gasteiger partial charge in [-0.15, -0.1) is 11.3 Å². The van der Waals surface area contributed by atoms with Crippen LogP contribution in [-0.4, -0.2) is 81.5 Å². The van der Waals surface area contributed by atoms with Gasteiger partial charge >= 0.3 is 0 Å². The second-order valence-electron chi connectivity index (χ2n) is 13.7. The maximum absolute atomic E-state index is 14.1. The number of oxazole rings is 1. The highest BCUT2D eigenvalue weighted by molar-refractivity contribution is 7.09. The van der Waals surface area contributed by atoms with Gasteiger partial charge in [0.15, 0.2) is 5.69 Å². The Hall–Kier alpha value is -4.30. The van der Waals surface area contributed by atoms with Crippen molar-refractivity contribution in [2.75, 3.05) is 26.2 Å².